The fourth-order valence-corrected chi connectivity index (χ4v) is 3.88. The Balaban J connectivity index is 1.49. The molecule has 1 amide bonds. The number of carbonyl (C=O) groups is 1. The van der Waals surface area contributed by atoms with Crippen LogP contribution in [-0.2, 0) is 4.79 Å². The van der Waals surface area contributed by atoms with Crippen LogP contribution in [0.4, 0.5) is 5.82 Å². The lowest BCUT2D eigenvalue weighted by Crippen LogP contribution is -2.56. The van der Waals surface area contributed by atoms with Crippen LogP contribution in [-0.4, -0.2) is 54.1 Å². The van der Waals surface area contributed by atoms with Crippen LogP contribution in [0.2, 0.25) is 0 Å². The van der Waals surface area contributed by atoms with E-state index in [4.69, 9.17) is 0 Å². The molecule has 2 fully saturated rings. The monoisotopic (exact) mass is 330 g/mol. The van der Waals surface area contributed by atoms with Crippen molar-refractivity contribution in [2.24, 2.45) is 5.92 Å². The third-order valence-corrected chi connectivity index (χ3v) is 5.65. The van der Waals surface area contributed by atoms with Gasteiger partial charge in [0.1, 0.15) is 5.82 Å². The molecule has 1 saturated heterocycles. The fraction of sp³-hybridized carbons (Fsp3) is 0.684. The van der Waals surface area contributed by atoms with E-state index in [1.807, 2.05) is 25.3 Å². The highest BCUT2D eigenvalue weighted by atomic mass is 16.2. The van der Waals surface area contributed by atoms with E-state index in [0.29, 0.717) is 12.0 Å². The number of nitrogens with zero attached hydrogens (tertiary/aromatic N) is 3. The Labute approximate surface area is 145 Å². The van der Waals surface area contributed by atoms with Crippen molar-refractivity contribution in [3.05, 3.63) is 24.4 Å². The van der Waals surface area contributed by atoms with Gasteiger partial charge in [0.25, 0.3) is 0 Å². The van der Waals surface area contributed by atoms with Crippen LogP contribution in [0.1, 0.15) is 39.5 Å². The van der Waals surface area contributed by atoms with Crippen LogP contribution in [0.25, 0.3) is 0 Å². The Morgan fingerprint density at radius 2 is 1.96 bits per heavy atom. The van der Waals surface area contributed by atoms with Gasteiger partial charge in [0.15, 0.2) is 0 Å². The lowest BCUT2D eigenvalue weighted by Gasteiger charge is -2.39. The van der Waals surface area contributed by atoms with Gasteiger partial charge >= 0.3 is 0 Å². The van der Waals surface area contributed by atoms with Crippen LogP contribution in [0, 0.1) is 5.92 Å². The molecule has 0 bridgehead atoms. The molecule has 1 N–H and O–H groups in total. The lowest BCUT2D eigenvalue weighted by molar-refractivity contribution is -0.127. The van der Waals surface area contributed by atoms with Crippen molar-refractivity contribution in [2.75, 3.05) is 31.1 Å². The smallest absolute Gasteiger partial charge is 0.237 e. The van der Waals surface area contributed by atoms with E-state index in [1.54, 1.807) is 0 Å². The van der Waals surface area contributed by atoms with Gasteiger partial charge in [0, 0.05) is 38.4 Å². The summed E-state index contributed by atoms with van der Waals surface area (Å²) in [6, 6.07) is 6.33. The number of nitrogens with one attached hydrogen (secondary N) is 1. The highest BCUT2D eigenvalue weighted by Gasteiger charge is 2.29. The van der Waals surface area contributed by atoms with Gasteiger partial charge in [0.05, 0.1) is 6.04 Å². The van der Waals surface area contributed by atoms with Crippen molar-refractivity contribution < 1.29 is 4.79 Å². The minimum Gasteiger partial charge on any atom is -0.354 e. The van der Waals surface area contributed by atoms with Crippen molar-refractivity contribution in [1.82, 2.24) is 15.2 Å². The van der Waals surface area contributed by atoms with Crippen LogP contribution < -0.4 is 10.2 Å². The maximum absolute atomic E-state index is 12.6. The topological polar surface area (TPSA) is 48.5 Å². The second-order valence-electron chi connectivity index (χ2n) is 7.26. The van der Waals surface area contributed by atoms with Gasteiger partial charge in [-0.1, -0.05) is 25.8 Å². The summed E-state index contributed by atoms with van der Waals surface area (Å²) < 4.78 is 0. The van der Waals surface area contributed by atoms with E-state index in [0.717, 1.165) is 38.4 Å². The second kappa shape index (κ2) is 7.97. The summed E-state index contributed by atoms with van der Waals surface area (Å²) in [4.78, 5) is 21.6. The third-order valence-electron chi connectivity index (χ3n) is 5.65. The van der Waals surface area contributed by atoms with Crippen LogP contribution >= 0.6 is 0 Å². The van der Waals surface area contributed by atoms with Gasteiger partial charge in [-0.25, -0.2) is 4.98 Å². The third kappa shape index (κ3) is 4.07. The molecule has 0 unspecified atom stereocenters. The van der Waals surface area contributed by atoms with Crippen molar-refractivity contribution in [3.8, 4) is 0 Å². The molecule has 3 atom stereocenters. The number of pyridine rings is 1. The molecule has 3 rings (SSSR count). The molecule has 1 aliphatic carbocycles. The van der Waals surface area contributed by atoms with E-state index in [9.17, 15) is 4.79 Å². The Morgan fingerprint density at radius 3 is 2.62 bits per heavy atom. The molecule has 0 spiro atoms. The number of carbonyl (C=O) groups excluding carboxylic acids is 1. The summed E-state index contributed by atoms with van der Waals surface area (Å²) in [5, 5.41) is 3.30. The van der Waals surface area contributed by atoms with Gasteiger partial charge in [-0.05, 0) is 37.8 Å². The summed E-state index contributed by atoms with van der Waals surface area (Å²) >= 11 is 0. The van der Waals surface area contributed by atoms with Crippen molar-refractivity contribution in [3.63, 3.8) is 0 Å². The van der Waals surface area contributed by atoms with Crippen molar-refractivity contribution in [1.29, 1.82) is 0 Å². The van der Waals surface area contributed by atoms with Gasteiger partial charge in [-0.3, -0.25) is 9.69 Å². The molecular formula is C19H30N4O. The first-order valence-electron chi connectivity index (χ1n) is 9.35. The Morgan fingerprint density at radius 1 is 1.21 bits per heavy atom. The first kappa shape index (κ1) is 17.2. The zero-order valence-electron chi connectivity index (χ0n) is 14.9. The first-order chi connectivity index (χ1) is 11.6. The number of hydrogen-bond donors (Lipinski definition) is 1. The quantitative estimate of drug-likeness (QED) is 0.920. The normalized spacial score (nSPS) is 26.8. The molecule has 132 valence electrons. The van der Waals surface area contributed by atoms with E-state index in [2.05, 4.69) is 33.1 Å². The highest BCUT2D eigenvalue weighted by molar-refractivity contribution is 5.81. The molecular weight excluding hydrogens is 300 g/mol. The second-order valence-corrected chi connectivity index (χ2v) is 7.26. The van der Waals surface area contributed by atoms with Crippen LogP contribution in [0.5, 0.6) is 0 Å². The average molecular weight is 330 g/mol. The molecule has 5 heteroatoms. The van der Waals surface area contributed by atoms with Crippen molar-refractivity contribution in [2.45, 2.75) is 51.6 Å². The summed E-state index contributed by atoms with van der Waals surface area (Å²) in [5.74, 6) is 1.83. The molecule has 0 radical (unpaired) electrons. The number of hydrogen-bond acceptors (Lipinski definition) is 4. The zero-order valence-corrected chi connectivity index (χ0v) is 14.9. The van der Waals surface area contributed by atoms with Gasteiger partial charge in [-0.15, -0.1) is 0 Å². The maximum atomic E-state index is 12.6. The molecule has 0 aromatic carbocycles. The summed E-state index contributed by atoms with van der Waals surface area (Å²) in [7, 11) is 0. The SMILES string of the molecule is C[C@@H]1CCCC[C@@H]1NC(=O)[C@@H](C)N1CCN(c2ccccn2)CC1. The van der Waals surface area contributed by atoms with Crippen LogP contribution in [0.15, 0.2) is 24.4 Å². The molecule has 24 heavy (non-hydrogen) atoms. The van der Waals surface area contributed by atoms with E-state index in [-0.39, 0.29) is 11.9 Å². The minimum absolute atomic E-state index is 0.0509. The number of piperazine rings is 1. The molecule has 1 saturated carbocycles. The van der Waals surface area contributed by atoms with Crippen LogP contribution in [0.3, 0.4) is 0 Å². The summed E-state index contributed by atoms with van der Waals surface area (Å²) in [5.41, 5.74) is 0. The highest BCUT2D eigenvalue weighted by Crippen LogP contribution is 2.24. The standard InChI is InChI=1S/C19H30N4O/c1-15-7-3-4-8-17(15)21-19(24)16(2)22-11-13-23(14-12-22)18-9-5-6-10-20-18/h5-6,9-10,15-17H,3-4,7-8,11-14H2,1-2H3,(H,21,24)/t15-,16-,17+/m1/s1. The van der Waals surface area contributed by atoms with E-state index < -0.39 is 0 Å². The van der Waals surface area contributed by atoms with E-state index >= 15 is 0 Å². The Kier molecular flexibility index (Phi) is 5.72. The summed E-state index contributed by atoms with van der Waals surface area (Å²) in [6.45, 7) is 7.97. The van der Waals surface area contributed by atoms with Crippen molar-refractivity contribution >= 4 is 11.7 Å². The minimum atomic E-state index is -0.0509. The first-order valence-corrected chi connectivity index (χ1v) is 9.35. The van der Waals surface area contributed by atoms with E-state index in [1.165, 1.54) is 19.3 Å². The summed E-state index contributed by atoms with van der Waals surface area (Å²) in [6.07, 6.45) is 6.75. The number of anilines is 1. The predicted octanol–water partition coefficient (Wildman–Crippen LogP) is 2.29. The molecule has 2 aliphatic rings. The molecule has 1 aromatic heterocycles. The molecule has 1 aromatic rings. The lowest BCUT2D eigenvalue weighted by atomic mass is 9.86. The molecule has 5 nitrogen and oxygen atoms in total. The number of aromatic nitrogens is 1. The molecule has 1 aliphatic heterocycles. The predicted molar refractivity (Wildman–Crippen MR) is 97.0 cm³/mol. The molecule has 2 heterocycles. The van der Waals surface area contributed by atoms with Gasteiger partial charge < -0.3 is 10.2 Å². The number of rotatable bonds is 4. The Bertz CT molecular complexity index is 527. The number of amides is 1. The zero-order chi connectivity index (χ0) is 16.9. The van der Waals surface area contributed by atoms with Gasteiger partial charge in [-0.2, -0.15) is 0 Å². The van der Waals surface area contributed by atoms with Gasteiger partial charge in [0.2, 0.25) is 5.91 Å². The largest absolute Gasteiger partial charge is 0.354 e. The Hall–Kier alpha value is -1.62. The maximum Gasteiger partial charge on any atom is 0.237 e. The fourth-order valence-electron chi connectivity index (χ4n) is 3.88. The average Bonchev–Trinajstić information content (AvgIpc) is 2.64.